The highest BCUT2D eigenvalue weighted by atomic mass is 16.5. The van der Waals surface area contributed by atoms with Crippen LogP contribution in [-0.4, -0.2) is 10.8 Å². The van der Waals surface area contributed by atoms with Crippen molar-refractivity contribution in [3.8, 4) is 0 Å². The first kappa shape index (κ1) is 13.2. The number of aryl methyl sites for hydroxylation is 1. The normalized spacial score (nSPS) is 10.7. The third-order valence-electron chi connectivity index (χ3n) is 3.24. The van der Waals surface area contributed by atoms with Gasteiger partial charge in [0.1, 0.15) is 0 Å². The average Bonchev–Trinajstić information content (AvgIpc) is 2.84. The van der Waals surface area contributed by atoms with Gasteiger partial charge in [0.2, 0.25) is 0 Å². The summed E-state index contributed by atoms with van der Waals surface area (Å²) in [5, 5.41) is 3.06. The average molecular weight is 282 g/mol. The van der Waals surface area contributed by atoms with Gasteiger partial charge in [-0.25, -0.2) is 4.79 Å². The highest BCUT2D eigenvalue weighted by Gasteiger charge is 2.14. The Balaban J connectivity index is 1.79. The number of carbonyl (C=O) groups is 1. The van der Waals surface area contributed by atoms with Gasteiger partial charge in [0.25, 0.3) is 5.56 Å². The van der Waals surface area contributed by atoms with E-state index in [1.165, 1.54) is 0 Å². The predicted octanol–water partition coefficient (Wildman–Crippen LogP) is 2.66. The summed E-state index contributed by atoms with van der Waals surface area (Å²) in [6, 6.07) is 14.0. The first-order valence-corrected chi connectivity index (χ1v) is 6.60. The van der Waals surface area contributed by atoms with E-state index in [1.54, 1.807) is 24.3 Å². The number of aromatic nitrogens is 1. The zero-order valence-corrected chi connectivity index (χ0v) is 11.5. The van der Waals surface area contributed by atoms with Crippen LogP contribution in [0.4, 0.5) is 4.79 Å². The van der Waals surface area contributed by atoms with Gasteiger partial charge < -0.3 is 9.84 Å². The first-order chi connectivity index (χ1) is 10.1. The van der Waals surface area contributed by atoms with Gasteiger partial charge in [-0.2, -0.15) is 0 Å². The summed E-state index contributed by atoms with van der Waals surface area (Å²) in [5.41, 5.74) is 2.05. The van der Waals surface area contributed by atoms with Crippen molar-refractivity contribution < 1.29 is 9.32 Å². The topological polar surface area (TPSA) is 64.2 Å². The summed E-state index contributed by atoms with van der Waals surface area (Å²) in [4.78, 5) is 24.1. The summed E-state index contributed by atoms with van der Waals surface area (Å²) >= 11 is 0. The van der Waals surface area contributed by atoms with Gasteiger partial charge >= 0.3 is 6.03 Å². The Morgan fingerprint density at radius 3 is 2.57 bits per heavy atom. The van der Waals surface area contributed by atoms with E-state index in [-0.39, 0.29) is 0 Å². The van der Waals surface area contributed by atoms with Crippen LogP contribution in [-0.2, 0) is 6.54 Å². The van der Waals surface area contributed by atoms with Gasteiger partial charge in [-0.3, -0.25) is 4.79 Å². The maximum atomic E-state index is 12.0. The lowest BCUT2D eigenvalue weighted by Crippen LogP contribution is -2.33. The molecule has 0 aliphatic heterocycles. The zero-order valence-electron chi connectivity index (χ0n) is 11.5. The molecule has 5 heteroatoms. The molecular formula is C16H14N2O3. The molecule has 0 unspecified atom stereocenters. The van der Waals surface area contributed by atoms with Crippen molar-refractivity contribution in [1.82, 2.24) is 10.1 Å². The van der Waals surface area contributed by atoms with Gasteiger partial charge in [0, 0.05) is 6.54 Å². The highest BCUT2D eigenvalue weighted by Crippen LogP contribution is 2.09. The molecule has 0 aliphatic rings. The molecule has 21 heavy (non-hydrogen) atoms. The standard InChI is InChI=1S/C16H14N2O3/c1-11-6-8-12(9-7-11)10-17-16(20)18-15(19)13-4-2-3-5-14(13)21-18/h2-9H,10H2,1H3,(H,17,20). The highest BCUT2D eigenvalue weighted by molar-refractivity contribution is 5.82. The van der Waals surface area contributed by atoms with Crippen LogP contribution in [0.5, 0.6) is 0 Å². The second-order valence-electron chi connectivity index (χ2n) is 4.83. The first-order valence-electron chi connectivity index (χ1n) is 6.60. The van der Waals surface area contributed by atoms with Crippen LogP contribution in [0.3, 0.4) is 0 Å². The molecule has 106 valence electrons. The molecule has 1 aromatic heterocycles. The van der Waals surface area contributed by atoms with Gasteiger partial charge in [0.05, 0.1) is 5.39 Å². The predicted molar refractivity (Wildman–Crippen MR) is 79.3 cm³/mol. The maximum absolute atomic E-state index is 12.0. The Labute approximate surface area is 120 Å². The van der Waals surface area contributed by atoms with Crippen molar-refractivity contribution in [1.29, 1.82) is 0 Å². The lowest BCUT2D eigenvalue weighted by Gasteiger charge is -2.04. The Hall–Kier alpha value is -2.82. The smallest absolute Gasteiger partial charge is 0.358 e. The number of rotatable bonds is 2. The fourth-order valence-corrected chi connectivity index (χ4v) is 2.06. The van der Waals surface area contributed by atoms with Crippen molar-refractivity contribution in [2.75, 3.05) is 0 Å². The Kier molecular flexibility index (Phi) is 3.31. The van der Waals surface area contributed by atoms with E-state index < -0.39 is 11.6 Å². The molecule has 3 aromatic rings. The van der Waals surface area contributed by atoms with E-state index in [4.69, 9.17) is 4.52 Å². The van der Waals surface area contributed by atoms with Gasteiger partial charge in [0.15, 0.2) is 5.58 Å². The van der Waals surface area contributed by atoms with Crippen LogP contribution < -0.4 is 10.9 Å². The van der Waals surface area contributed by atoms with Crippen LogP contribution in [0.1, 0.15) is 11.1 Å². The van der Waals surface area contributed by atoms with Crippen LogP contribution >= 0.6 is 0 Å². The molecule has 5 nitrogen and oxygen atoms in total. The SMILES string of the molecule is Cc1ccc(CNC(=O)n2oc3ccccc3c2=O)cc1. The summed E-state index contributed by atoms with van der Waals surface area (Å²) in [6.45, 7) is 2.33. The number of carbonyl (C=O) groups excluding carboxylic acids is 1. The minimum Gasteiger partial charge on any atom is -0.366 e. The summed E-state index contributed by atoms with van der Waals surface area (Å²) in [7, 11) is 0. The van der Waals surface area contributed by atoms with E-state index in [0.717, 1.165) is 15.9 Å². The Morgan fingerprint density at radius 1 is 1.14 bits per heavy atom. The van der Waals surface area contributed by atoms with E-state index in [1.807, 2.05) is 31.2 Å². The number of hydrogen-bond acceptors (Lipinski definition) is 3. The summed E-state index contributed by atoms with van der Waals surface area (Å²) in [6.07, 6.45) is 0. The summed E-state index contributed by atoms with van der Waals surface area (Å²) in [5.74, 6) is 0. The summed E-state index contributed by atoms with van der Waals surface area (Å²) < 4.78 is 6.01. The van der Waals surface area contributed by atoms with Crippen molar-refractivity contribution >= 4 is 17.0 Å². The van der Waals surface area contributed by atoms with Gasteiger partial charge in [-0.05, 0) is 24.6 Å². The molecule has 3 rings (SSSR count). The van der Waals surface area contributed by atoms with E-state index >= 15 is 0 Å². The minimum atomic E-state index is -0.572. The number of fused-ring (bicyclic) bond motifs is 1. The van der Waals surface area contributed by atoms with Crippen molar-refractivity contribution in [2.24, 2.45) is 0 Å². The molecule has 0 fully saturated rings. The lowest BCUT2D eigenvalue weighted by atomic mass is 10.1. The molecule has 0 aliphatic carbocycles. The van der Waals surface area contributed by atoms with Crippen LogP contribution in [0.25, 0.3) is 11.0 Å². The van der Waals surface area contributed by atoms with Crippen LogP contribution in [0.2, 0.25) is 0 Å². The number of nitrogens with zero attached hydrogens (tertiary/aromatic N) is 1. The van der Waals surface area contributed by atoms with Crippen molar-refractivity contribution in [3.05, 3.63) is 70.0 Å². The molecule has 0 radical (unpaired) electrons. The monoisotopic (exact) mass is 282 g/mol. The number of hydrogen-bond donors (Lipinski definition) is 1. The fourth-order valence-electron chi connectivity index (χ4n) is 2.06. The van der Waals surface area contributed by atoms with E-state index in [9.17, 15) is 9.59 Å². The molecular weight excluding hydrogens is 268 g/mol. The molecule has 0 saturated heterocycles. The Bertz CT molecular complexity index is 844. The van der Waals surface area contributed by atoms with Crippen molar-refractivity contribution in [2.45, 2.75) is 13.5 Å². The maximum Gasteiger partial charge on any atom is 0.358 e. The molecule has 1 N–H and O–H groups in total. The van der Waals surface area contributed by atoms with E-state index in [0.29, 0.717) is 17.5 Å². The van der Waals surface area contributed by atoms with Gasteiger partial charge in [-0.1, -0.05) is 46.7 Å². The largest absolute Gasteiger partial charge is 0.366 e. The molecule has 2 aromatic carbocycles. The van der Waals surface area contributed by atoms with Gasteiger partial charge in [-0.15, -0.1) is 0 Å². The number of nitrogens with one attached hydrogen (secondary N) is 1. The second-order valence-corrected chi connectivity index (χ2v) is 4.83. The molecule has 1 heterocycles. The number of benzene rings is 2. The fraction of sp³-hybridized carbons (Fsp3) is 0.125. The number of para-hydroxylation sites is 1. The third-order valence-corrected chi connectivity index (χ3v) is 3.24. The minimum absolute atomic E-state index is 0.336. The molecule has 0 atom stereocenters. The third kappa shape index (κ3) is 2.58. The molecule has 0 spiro atoms. The second kappa shape index (κ2) is 5.28. The van der Waals surface area contributed by atoms with Crippen LogP contribution in [0.15, 0.2) is 57.8 Å². The van der Waals surface area contributed by atoms with E-state index in [2.05, 4.69) is 5.32 Å². The lowest BCUT2D eigenvalue weighted by molar-refractivity contribution is 0.213. The van der Waals surface area contributed by atoms with Crippen LogP contribution in [0, 0.1) is 6.92 Å². The Morgan fingerprint density at radius 2 is 1.86 bits per heavy atom. The molecule has 0 saturated carbocycles. The number of amides is 1. The quantitative estimate of drug-likeness (QED) is 0.786. The van der Waals surface area contributed by atoms with Crippen molar-refractivity contribution in [3.63, 3.8) is 0 Å². The molecule has 1 amide bonds. The zero-order chi connectivity index (χ0) is 14.8. The molecule has 0 bridgehead atoms.